The Balaban J connectivity index is 1.53. The van der Waals surface area contributed by atoms with E-state index < -0.39 is 17.9 Å². The number of fused-ring (bicyclic) bond motifs is 2. The Hall–Kier alpha value is -2.45. The molecule has 3 atom stereocenters. The first-order chi connectivity index (χ1) is 15.4. The summed E-state index contributed by atoms with van der Waals surface area (Å²) in [5.41, 5.74) is 4.08. The lowest BCUT2D eigenvalue weighted by atomic mass is 9.87. The summed E-state index contributed by atoms with van der Waals surface area (Å²) in [5, 5.41) is 13.5. The number of hydrogen-bond acceptors (Lipinski definition) is 4. The molecule has 0 aliphatic heterocycles. The fraction of sp³-hybridized carbons (Fsp3) is 0.333. The van der Waals surface area contributed by atoms with Gasteiger partial charge < -0.3 is 20.1 Å². The number of halogens is 1. The van der Waals surface area contributed by atoms with Crippen molar-refractivity contribution in [2.45, 2.75) is 31.2 Å². The molecule has 3 N–H and O–H groups in total. The highest BCUT2D eigenvalue weighted by atomic mass is 79.9. The van der Waals surface area contributed by atoms with Crippen LogP contribution >= 0.6 is 28.6 Å². The lowest BCUT2D eigenvalue weighted by molar-refractivity contribution is -0.142. The summed E-state index contributed by atoms with van der Waals surface area (Å²) >= 11 is 7.94. The van der Waals surface area contributed by atoms with E-state index in [0.717, 1.165) is 39.3 Å². The Morgan fingerprint density at radius 1 is 1.31 bits per heavy atom. The maximum absolute atomic E-state index is 13.2. The SMILES string of the molecule is COc1ccc2[nH]cc(CC(NC(=O)C(CS)C3CCc4cc(Br)ccc43)C(=O)O)c2c1. The van der Waals surface area contributed by atoms with Gasteiger partial charge in [0.2, 0.25) is 5.91 Å². The summed E-state index contributed by atoms with van der Waals surface area (Å²) in [6, 6.07) is 10.7. The number of carboxylic acids is 1. The number of ether oxygens (including phenoxy) is 1. The zero-order valence-corrected chi connectivity index (χ0v) is 20.1. The molecular formula is C24H25BrN2O4S. The van der Waals surface area contributed by atoms with Crippen LogP contribution in [0.3, 0.4) is 0 Å². The predicted molar refractivity (Wildman–Crippen MR) is 131 cm³/mol. The van der Waals surface area contributed by atoms with E-state index in [0.29, 0.717) is 11.5 Å². The van der Waals surface area contributed by atoms with Gasteiger partial charge in [-0.3, -0.25) is 4.79 Å². The first-order valence-electron chi connectivity index (χ1n) is 10.5. The van der Waals surface area contributed by atoms with Crippen LogP contribution in [-0.2, 0) is 22.4 Å². The fourth-order valence-corrected chi connectivity index (χ4v) is 5.41. The Bertz CT molecular complexity index is 1160. The number of H-pyrrole nitrogens is 1. The Morgan fingerprint density at radius 2 is 2.12 bits per heavy atom. The van der Waals surface area contributed by atoms with E-state index in [1.807, 2.05) is 24.3 Å². The minimum Gasteiger partial charge on any atom is -0.497 e. The second-order valence-corrected chi connectivity index (χ2v) is 9.39. The molecule has 1 aromatic heterocycles. The number of methoxy groups -OCH3 is 1. The van der Waals surface area contributed by atoms with E-state index in [4.69, 9.17) is 4.74 Å². The minimum atomic E-state index is -1.07. The number of aromatic nitrogens is 1. The number of nitrogens with one attached hydrogen (secondary N) is 2. The molecule has 0 spiro atoms. The van der Waals surface area contributed by atoms with Gasteiger partial charge >= 0.3 is 5.97 Å². The van der Waals surface area contributed by atoms with Crippen LogP contribution in [0.25, 0.3) is 10.9 Å². The standard InChI is InChI=1S/C24H25BrN2O4S/c1-31-16-4-7-21-19(10-16)14(11-26-21)9-22(24(29)30)27-23(28)20(12-32)18-5-2-13-8-15(25)3-6-17(13)18/h3-4,6-8,10-11,18,20,22,26,32H,2,5,9,12H2,1H3,(H,27,28)(H,29,30). The molecule has 0 bridgehead atoms. The van der Waals surface area contributed by atoms with Gasteiger partial charge in [-0.1, -0.05) is 22.0 Å². The molecule has 0 radical (unpaired) electrons. The molecule has 8 heteroatoms. The van der Waals surface area contributed by atoms with Crippen molar-refractivity contribution >= 4 is 51.3 Å². The van der Waals surface area contributed by atoms with Gasteiger partial charge in [-0.2, -0.15) is 12.6 Å². The number of carboxylic acid groups (broad SMARTS) is 1. The molecule has 0 saturated carbocycles. The number of aryl methyl sites for hydroxylation is 1. The van der Waals surface area contributed by atoms with Crippen LogP contribution in [0.15, 0.2) is 47.1 Å². The summed E-state index contributed by atoms with van der Waals surface area (Å²) in [6.45, 7) is 0. The molecule has 3 aromatic rings. The van der Waals surface area contributed by atoms with Crippen LogP contribution in [0, 0.1) is 5.92 Å². The number of aromatic amines is 1. The molecule has 0 saturated heterocycles. The van der Waals surface area contributed by atoms with Crippen LogP contribution in [0.4, 0.5) is 0 Å². The fourth-order valence-electron chi connectivity index (χ4n) is 4.58. The molecule has 6 nitrogen and oxygen atoms in total. The molecule has 2 aromatic carbocycles. The molecule has 1 aliphatic rings. The van der Waals surface area contributed by atoms with Gasteiger partial charge in [0.05, 0.1) is 13.0 Å². The van der Waals surface area contributed by atoms with Gasteiger partial charge in [0.15, 0.2) is 0 Å². The van der Waals surface area contributed by atoms with Crippen LogP contribution in [0.5, 0.6) is 5.75 Å². The number of thiol groups is 1. The quantitative estimate of drug-likeness (QED) is 0.335. The number of amides is 1. The molecule has 1 heterocycles. The maximum Gasteiger partial charge on any atom is 0.326 e. The monoisotopic (exact) mass is 516 g/mol. The van der Waals surface area contributed by atoms with Crippen LogP contribution in [0.1, 0.15) is 29.0 Å². The highest BCUT2D eigenvalue weighted by molar-refractivity contribution is 9.10. The Kier molecular flexibility index (Phi) is 6.81. The summed E-state index contributed by atoms with van der Waals surface area (Å²) in [4.78, 5) is 28.4. The minimum absolute atomic E-state index is 0.0300. The molecule has 3 unspecified atom stereocenters. The summed E-state index contributed by atoms with van der Waals surface area (Å²) in [6.07, 6.45) is 3.70. The Morgan fingerprint density at radius 3 is 2.84 bits per heavy atom. The second-order valence-electron chi connectivity index (χ2n) is 8.11. The second kappa shape index (κ2) is 9.58. The number of carbonyl (C=O) groups excluding carboxylic acids is 1. The third kappa shape index (κ3) is 4.52. The highest BCUT2D eigenvalue weighted by Crippen LogP contribution is 2.40. The number of hydrogen-bond donors (Lipinski definition) is 4. The molecule has 1 aliphatic carbocycles. The highest BCUT2D eigenvalue weighted by Gasteiger charge is 2.35. The molecule has 0 fully saturated rings. The van der Waals surface area contributed by atoms with Crippen molar-refractivity contribution < 1.29 is 19.4 Å². The van der Waals surface area contributed by atoms with Gasteiger partial charge in [0, 0.05) is 33.7 Å². The van der Waals surface area contributed by atoms with Crippen LogP contribution in [-0.4, -0.2) is 40.9 Å². The van der Waals surface area contributed by atoms with Crippen LogP contribution < -0.4 is 10.1 Å². The largest absolute Gasteiger partial charge is 0.497 e. The predicted octanol–water partition coefficient (Wildman–Crippen LogP) is 4.33. The van der Waals surface area contributed by atoms with E-state index in [1.54, 1.807) is 13.3 Å². The van der Waals surface area contributed by atoms with Gasteiger partial charge in [-0.05, 0) is 65.8 Å². The van der Waals surface area contributed by atoms with E-state index in [2.05, 4.69) is 51.0 Å². The van der Waals surface area contributed by atoms with E-state index >= 15 is 0 Å². The van der Waals surface area contributed by atoms with E-state index in [1.165, 1.54) is 5.56 Å². The zero-order valence-electron chi connectivity index (χ0n) is 17.6. The van der Waals surface area contributed by atoms with Crippen LogP contribution in [0.2, 0.25) is 0 Å². The number of aliphatic carboxylic acids is 1. The van der Waals surface area contributed by atoms with Crippen molar-refractivity contribution in [3.05, 3.63) is 63.8 Å². The van der Waals surface area contributed by atoms with E-state index in [9.17, 15) is 14.7 Å². The zero-order chi connectivity index (χ0) is 22.8. The smallest absolute Gasteiger partial charge is 0.326 e. The van der Waals surface area contributed by atoms with Crippen molar-refractivity contribution in [2.75, 3.05) is 12.9 Å². The maximum atomic E-state index is 13.2. The Labute approximate surface area is 200 Å². The van der Waals surface area contributed by atoms with Crippen molar-refractivity contribution in [2.24, 2.45) is 5.92 Å². The average Bonchev–Trinajstić information content (AvgIpc) is 3.37. The van der Waals surface area contributed by atoms with Crippen molar-refractivity contribution in [3.63, 3.8) is 0 Å². The topological polar surface area (TPSA) is 91.4 Å². The summed E-state index contributed by atoms with van der Waals surface area (Å²) < 4.78 is 6.31. The molecular weight excluding hydrogens is 492 g/mol. The summed E-state index contributed by atoms with van der Waals surface area (Å²) in [7, 11) is 1.59. The van der Waals surface area contributed by atoms with E-state index in [-0.39, 0.29) is 18.2 Å². The van der Waals surface area contributed by atoms with Gasteiger partial charge in [0.1, 0.15) is 11.8 Å². The molecule has 1 amide bonds. The number of rotatable bonds is 8. The third-order valence-electron chi connectivity index (χ3n) is 6.26. The van der Waals surface area contributed by atoms with Gasteiger partial charge in [-0.25, -0.2) is 4.79 Å². The van der Waals surface area contributed by atoms with Crippen molar-refractivity contribution in [3.8, 4) is 5.75 Å². The molecule has 168 valence electrons. The first kappa shape index (κ1) is 22.7. The van der Waals surface area contributed by atoms with Gasteiger partial charge in [-0.15, -0.1) is 0 Å². The third-order valence-corrected chi connectivity index (χ3v) is 7.15. The van der Waals surface area contributed by atoms with Crippen molar-refractivity contribution in [1.82, 2.24) is 10.3 Å². The molecule has 4 rings (SSSR count). The summed E-state index contributed by atoms with van der Waals surface area (Å²) in [5.74, 6) is -0.665. The lowest BCUT2D eigenvalue weighted by Crippen LogP contribution is -2.46. The lowest BCUT2D eigenvalue weighted by Gasteiger charge is -2.24. The number of benzene rings is 2. The molecule has 32 heavy (non-hydrogen) atoms. The van der Waals surface area contributed by atoms with Gasteiger partial charge in [0.25, 0.3) is 0 Å². The normalized spacial score (nSPS) is 17.0. The average molecular weight is 517 g/mol. The number of carbonyl (C=O) groups is 2. The van der Waals surface area contributed by atoms with Crippen molar-refractivity contribution in [1.29, 1.82) is 0 Å². The first-order valence-corrected chi connectivity index (χ1v) is 11.9.